The third kappa shape index (κ3) is 6.33. The monoisotopic (exact) mass is 525 g/mol. The summed E-state index contributed by atoms with van der Waals surface area (Å²) < 4.78 is 39.5. The molecule has 2 aromatic rings. The number of halogens is 1. The lowest BCUT2D eigenvalue weighted by molar-refractivity contribution is -0.258. The molecule has 1 aliphatic carbocycles. The first kappa shape index (κ1) is 26.8. The Morgan fingerprint density at radius 2 is 1.86 bits per heavy atom. The number of ether oxygens (including phenoxy) is 2. The van der Waals surface area contributed by atoms with Gasteiger partial charge in [0, 0.05) is 24.2 Å². The van der Waals surface area contributed by atoms with Crippen LogP contribution in [-0.4, -0.2) is 58.0 Å². The maximum absolute atomic E-state index is 15.1. The fraction of sp³-hybridized carbons (Fsp3) is 0.583. The molecule has 2 aliphatic rings. The van der Waals surface area contributed by atoms with Gasteiger partial charge in [-0.25, -0.2) is 4.39 Å². The van der Waals surface area contributed by atoms with Crippen molar-refractivity contribution < 1.29 is 33.0 Å². The molecular weight excluding hydrogens is 492 g/mol. The van der Waals surface area contributed by atoms with Gasteiger partial charge in [-0.2, -0.15) is 0 Å². The summed E-state index contributed by atoms with van der Waals surface area (Å²) in [5.41, 5.74) is -0.204. The van der Waals surface area contributed by atoms with E-state index in [1.54, 1.807) is 24.5 Å². The van der Waals surface area contributed by atoms with Crippen molar-refractivity contribution in [2.45, 2.75) is 63.8 Å². The number of fused-ring (bicyclic) bond motifs is 1. The highest BCUT2D eigenvalue weighted by Crippen LogP contribution is 2.33. The van der Waals surface area contributed by atoms with E-state index in [1.165, 1.54) is 6.20 Å². The smallest absolute Gasteiger partial charge is 0.327 e. The standard InChI is InChI=1S/C24H33FN3O7P/c1-24(2)34-13-16(14-35-24)28-12-18(23(30)26-8-9-36(31,32)33)22(29)17-10-19(25)20(11-21(17)28)27-15-6-4-3-5-7-15/h10-12,15-16,27H,3-9,13-14H2,1-2H3,(H,26,30)(H2,31,32,33). The second-order valence-electron chi connectivity index (χ2n) is 9.93. The summed E-state index contributed by atoms with van der Waals surface area (Å²) in [5, 5.41) is 5.67. The fourth-order valence-corrected chi connectivity index (χ4v) is 5.07. The van der Waals surface area contributed by atoms with Crippen LogP contribution in [-0.2, 0) is 14.0 Å². The summed E-state index contributed by atoms with van der Waals surface area (Å²) in [7, 11) is -4.32. The SMILES string of the molecule is CC1(C)OCC(n2cc(C(=O)NCCP(=O)(O)O)c(=O)c3cc(F)c(NC4CCCCC4)cc32)CO1. The molecule has 2 fully saturated rings. The Balaban J connectivity index is 1.74. The summed E-state index contributed by atoms with van der Waals surface area (Å²) in [6.07, 6.45) is 6.01. The third-order valence-corrected chi connectivity index (χ3v) is 7.47. The van der Waals surface area contributed by atoms with E-state index >= 15 is 4.39 Å². The van der Waals surface area contributed by atoms with Gasteiger partial charge < -0.3 is 34.5 Å². The number of amides is 1. The Bertz CT molecular complexity index is 1230. The van der Waals surface area contributed by atoms with E-state index in [0.717, 1.165) is 38.2 Å². The third-order valence-electron chi connectivity index (χ3n) is 6.66. The van der Waals surface area contributed by atoms with E-state index in [9.17, 15) is 14.2 Å². The van der Waals surface area contributed by atoms with Crippen molar-refractivity contribution in [2.75, 3.05) is 31.2 Å². The van der Waals surface area contributed by atoms with Gasteiger partial charge in [-0.3, -0.25) is 14.2 Å². The number of hydrogen-bond donors (Lipinski definition) is 4. The minimum absolute atomic E-state index is 0.0224. The Morgan fingerprint density at radius 3 is 2.50 bits per heavy atom. The van der Waals surface area contributed by atoms with Crippen molar-refractivity contribution in [3.05, 3.63) is 39.9 Å². The van der Waals surface area contributed by atoms with Crippen LogP contribution in [0.4, 0.5) is 10.1 Å². The number of rotatable bonds is 7. The van der Waals surface area contributed by atoms with Gasteiger partial charge in [0.15, 0.2) is 5.79 Å². The van der Waals surface area contributed by atoms with Gasteiger partial charge in [0.2, 0.25) is 5.43 Å². The van der Waals surface area contributed by atoms with E-state index < -0.39 is 42.7 Å². The van der Waals surface area contributed by atoms with Gasteiger partial charge in [0.1, 0.15) is 11.4 Å². The molecule has 4 N–H and O–H groups in total. The second kappa shape index (κ2) is 10.6. The van der Waals surface area contributed by atoms with Crippen LogP contribution < -0.4 is 16.1 Å². The van der Waals surface area contributed by atoms with Crippen molar-refractivity contribution >= 4 is 30.1 Å². The van der Waals surface area contributed by atoms with Crippen LogP contribution in [0.1, 0.15) is 62.4 Å². The van der Waals surface area contributed by atoms with E-state index in [2.05, 4.69) is 10.6 Å². The predicted octanol–water partition coefficient (Wildman–Crippen LogP) is 3.12. The summed E-state index contributed by atoms with van der Waals surface area (Å²) in [5.74, 6) is -2.17. The largest absolute Gasteiger partial charge is 0.380 e. The molecule has 10 nitrogen and oxygen atoms in total. The molecule has 0 unspecified atom stereocenters. The van der Waals surface area contributed by atoms with Crippen molar-refractivity contribution in [1.29, 1.82) is 0 Å². The molecule has 0 bridgehead atoms. The Kier molecular flexibility index (Phi) is 7.87. The van der Waals surface area contributed by atoms with Crippen LogP contribution in [0.25, 0.3) is 10.9 Å². The van der Waals surface area contributed by atoms with Crippen LogP contribution in [0.3, 0.4) is 0 Å². The average molecular weight is 526 g/mol. The number of carbonyl (C=O) groups excluding carboxylic acids is 1. The predicted molar refractivity (Wildman–Crippen MR) is 133 cm³/mol. The van der Waals surface area contributed by atoms with E-state index in [-0.39, 0.29) is 36.8 Å². The molecule has 12 heteroatoms. The highest BCUT2D eigenvalue weighted by atomic mass is 31.2. The minimum atomic E-state index is -4.32. The maximum atomic E-state index is 15.1. The van der Waals surface area contributed by atoms with Crippen LogP contribution in [0.2, 0.25) is 0 Å². The maximum Gasteiger partial charge on any atom is 0.327 e. The van der Waals surface area contributed by atoms with Crippen LogP contribution in [0.5, 0.6) is 0 Å². The van der Waals surface area contributed by atoms with E-state index in [0.29, 0.717) is 11.2 Å². The molecule has 1 aromatic carbocycles. The van der Waals surface area contributed by atoms with Gasteiger partial charge in [-0.1, -0.05) is 19.3 Å². The number of nitrogens with one attached hydrogen (secondary N) is 2. The summed E-state index contributed by atoms with van der Waals surface area (Å²) in [6, 6.07) is 2.48. The minimum Gasteiger partial charge on any atom is -0.380 e. The normalized spacial score (nSPS) is 19.4. The van der Waals surface area contributed by atoms with Crippen molar-refractivity contribution in [3.63, 3.8) is 0 Å². The molecule has 1 saturated carbocycles. The van der Waals surface area contributed by atoms with Gasteiger partial charge >= 0.3 is 7.60 Å². The molecule has 36 heavy (non-hydrogen) atoms. The number of hydrogen-bond acceptors (Lipinski definition) is 6. The fourth-order valence-electron chi connectivity index (χ4n) is 4.67. The molecule has 198 valence electrons. The quantitative estimate of drug-likeness (QED) is 0.405. The zero-order valence-electron chi connectivity index (χ0n) is 20.5. The Labute approximate surface area is 208 Å². The molecule has 0 atom stereocenters. The highest BCUT2D eigenvalue weighted by molar-refractivity contribution is 7.51. The van der Waals surface area contributed by atoms with Crippen molar-refractivity contribution in [2.24, 2.45) is 0 Å². The molecule has 1 aromatic heterocycles. The first-order chi connectivity index (χ1) is 16.9. The lowest BCUT2D eigenvalue weighted by Gasteiger charge is -2.36. The first-order valence-corrected chi connectivity index (χ1v) is 14.0. The average Bonchev–Trinajstić information content (AvgIpc) is 2.80. The van der Waals surface area contributed by atoms with E-state index in [4.69, 9.17) is 19.3 Å². The second-order valence-corrected chi connectivity index (χ2v) is 11.7. The number of benzene rings is 1. The number of nitrogens with zero attached hydrogens (tertiary/aromatic N) is 1. The van der Waals surface area contributed by atoms with Gasteiger partial charge in [0.05, 0.1) is 36.6 Å². The van der Waals surface area contributed by atoms with Crippen molar-refractivity contribution in [3.8, 4) is 0 Å². The lowest BCUT2D eigenvalue weighted by Crippen LogP contribution is -2.41. The number of carbonyl (C=O) groups is 1. The van der Waals surface area contributed by atoms with Gasteiger partial charge in [-0.05, 0) is 38.8 Å². The molecule has 0 spiro atoms. The molecule has 1 saturated heterocycles. The molecule has 4 rings (SSSR count). The Hall–Kier alpha value is -2.30. The van der Waals surface area contributed by atoms with Crippen LogP contribution in [0.15, 0.2) is 23.1 Å². The van der Waals surface area contributed by atoms with Gasteiger partial charge in [-0.15, -0.1) is 0 Å². The summed E-state index contributed by atoms with van der Waals surface area (Å²) in [6.45, 7) is 3.74. The summed E-state index contributed by atoms with van der Waals surface area (Å²) in [4.78, 5) is 44.1. The first-order valence-electron chi connectivity index (χ1n) is 12.2. The molecular formula is C24H33FN3O7P. The molecule has 1 aliphatic heterocycles. The number of pyridine rings is 1. The van der Waals surface area contributed by atoms with Crippen LogP contribution in [0, 0.1) is 5.82 Å². The van der Waals surface area contributed by atoms with Gasteiger partial charge in [0.25, 0.3) is 5.91 Å². The highest BCUT2D eigenvalue weighted by Gasteiger charge is 2.31. The lowest BCUT2D eigenvalue weighted by atomic mass is 9.95. The van der Waals surface area contributed by atoms with Crippen LogP contribution >= 0.6 is 7.60 Å². The topological polar surface area (TPSA) is 139 Å². The number of anilines is 1. The molecule has 1 amide bonds. The number of aromatic nitrogens is 1. The summed E-state index contributed by atoms with van der Waals surface area (Å²) >= 11 is 0. The van der Waals surface area contributed by atoms with E-state index in [1.807, 2.05) is 0 Å². The Morgan fingerprint density at radius 1 is 1.19 bits per heavy atom. The van der Waals surface area contributed by atoms with Crippen molar-refractivity contribution in [1.82, 2.24) is 9.88 Å². The molecule has 0 radical (unpaired) electrons. The molecule has 2 heterocycles. The zero-order valence-corrected chi connectivity index (χ0v) is 21.4. The zero-order chi connectivity index (χ0) is 26.1.